The second-order valence-corrected chi connectivity index (χ2v) is 6.04. The van der Waals surface area contributed by atoms with Gasteiger partial charge >= 0.3 is 5.97 Å². The van der Waals surface area contributed by atoms with E-state index in [0.717, 1.165) is 16.8 Å². The van der Waals surface area contributed by atoms with Crippen LogP contribution in [0, 0.1) is 13.8 Å². The molecule has 1 aliphatic rings. The van der Waals surface area contributed by atoms with Crippen molar-refractivity contribution in [2.24, 2.45) is 0 Å². The van der Waals surface area contributed by atoms with Gasteiger partial charge in [0.2, 0.25) is 5.91 Å². The fourth-order valence-corrected chi connectivity index (χ4v) is 3.42. The molecule has 1 aromatic heterocycles. The van der Waals surface area contributed by atoms with Gasteiger partial charge in [0.05, 0.1) is 18.7 Å². The van der Waals surface area contributed by atoms with Crippen LogP contribution in [0.15, 0.2) is 28.8 Å². The van der Waals surface area contributed by atoms with Crippen LogP contribution in [0.1, 0.15) is 35.4 Å². The van der Waals surface area contributed by atoms with Crippen molar-refractivity contribution in [1.29, 1.82) is 0 Å². The molecule has 0 unspecified atom stereocenters. The van der Waals surface area contributed by atoms with E-state index in [0.29, 0.717) is 17.9 Å². The summed E-state index contributed by atoms with van der Waals surface area (Å²) in [6, 6.07) is 6.91. The molecule has 1 amide bonds. The van der Waals surface area contributed by atoms with Gasteiger partial charge < -0.3 is 9.26 Å². The molecule has 0 bridgehead atoms. The first kappa shape index (κ1) is 16.2. The summed E-state index contributed by atoms with van der Waals surface area (Å²) in [5.41, 5.74) is 3.19. The zero-order chi connectivity index (χ0) is 17.4. The van der Waals surface area contributed by atoms with Gasteiger partial charge in [-0.25, -0.2) is 4.79 Å². The van der Waals surface area contributed by atoms with E-state index in [2.05, 4.69) is 5.16 Å². The van der Waals surface area contributed by atoms with E-state index in [1.807, 2.05) is 38.1 Å². The summed E-state index contributed by atoms with van der Waals surface area (Å²) < 4.78 is 10.1. The average Bonchev–Trinajstić information content (AvgIpc) is 3.13. The van der Waals surface area contributed by atoms with Crippen LogP contribution in [0.2, 0.25) is 0 Å². The predicted molar refractivity (Wildman–Crippen MR) is 87.8 cm³/mol. The average molecular weight is 328 g/mol. The monoisotopic (exact) mass is 328 g/mol. The zero-order valence-electron chi connectivity index (χ0n) is 14.2. The molecule has 0 saturated heterocycles. The smallest absolute Gasteiger partial charge is 0.329 e. The first-order valence-electron chi connectivity index (χ1n) is 7.87. The maximum Gasteiger partial charge on any atom is 0.329 e. The normalized spacial score (nSPS) is 17.5. The molecule has 2 atom stereocenters. The Balaban J connectivity index is 2.01. The van der Waals surface area contributed by atoms with E-state index in [4.69, 9.17) is 9.26 Å². The number of rotatable bonds is 3. The molecule has 6 nitrogen and oxygen atoms in total. The molecule has 0 aliphatic carbocycles. The Morgan fingerprint density at radius 1 is 1.33 bits per heavy atom. The highest BCUT2D eigenvalue weighted by Gasteiger charge is 2.41. The van der Waals surface area contributed by atoms with E-state index in [1.165, 1.54) is 7.11 Å². The molecule has 2 heterocycles. The van der Waals surface area contributed by atoms with Crippen molar-refractivity contribution in [3.05, 3.63) is 46.8 Å². The maximum absolute atomic E-state index is 13.2. The first-order chi connectivity index (χ1) is 11.5. The second kappa shape index (κ2) is 6.11. The summed E-state index contributed by atoms with van der Waals surface area (Å²) in [5.74, 6) is -0.416. The van der Waals surface area contributed by atoms with Crippen LogP contribution < -0.4 is 4.90 Å². The molecule has 24 heavy (non-hydrogen) atoms. The van der Waals surface area contributed by atoms with E-state index in [9.17, 15) is 9.59 Å². The Kier molecular flexibility index (Phi) is 4.13. The van der Waals surface area contributed by atoms with E-state index >= 15 is 0 Å². The molecule has 3 rings (SSSR count). The number of ether oxygens (including phenoxy) is 1. The number of methoxy groups -OCH3 is 1. The van der Waals surface area contributed by atoms with Gasteiger partial charge in [0, 0.05) is 17.7 Å². The predicted octanol–water partition coefficient (Wildman–Crippen LogP) is 2.53. The van der Waals surface area contributed by atoms with Gasteiger partial charge in [-0.1, -0.05) is 23.4 Å². The third kappa shape index (κ3) is 2.48. The third-order valence-electron chi connectivity index (χ3n) is 4.58. The fourth-order valence-electron chi connectivity index (χ4n) is 3.42. The van der Waals surface area contributed by atoms with Crippen molar-refractivity contribution in [1.82, 2.24) is 5.16 Å². The molecule has 0 fully saturated rings. The lowest BCUT2D eigenvalue weighted by Gasteiger charge is -2.26. The molecule has 0 radical (unpaired) electrons. The van der Waals surface area contributed by atoms with Crippen molar-refractivity contribution >= 4 is 17.6 Å². The quantitative estimate of drug-likeness (QED) is 0.810. The van der Waals surface area contributed by atoms with Crippen molar-refractivity contribution in [3.8, 4) is 0 Å². The molecule has 0 spiro atoms. The van der Waals surface area contributed by atoms with Crippen molar-refractivity contribution in [2.75, 3.05) is 12.0 Å². The highest BCUT2D eigenvalue weighted by molar-refractivity contribution is 6.05. The van der Waals surface area contributed by atoms with Gasteiger partial charge in [-0.15, -0.1) is 0 Å². The lowest BCUT2D eigenvalue weighted by atomic mass is 9.97. The Hall–Kier alpha value is -2.63. The maximum atomic E-state index is 13.2. The van der Waals surface area contributed by atoms with Gasteiger partial charge in [-0.3, -0.25) is 9.69 Å². The first-order valence-corrected chi connectivity index (χ1v) is 7.87. The molecule has 0 saturated carbocycles. The van der Waals surface area contributed by atoms with Crippen molar-refractivity contribution in [2.45, 2.75) is 39.2 Å². The number of aromatic nitrogens is 1. The highest BCUT2D eigenvalue weighted by Crippen LogP contribution is 2.36. The number of fused-ring (bicyclic) bond motifs is 1. The summed E-state index contributed by atoms with van der Waals surface area (Å²) in [6.45, 7) is 5.41. The van der Waals surface area contributed by atoms with Gasteiger partial charge in [-0.05, 0) is 32.4 Å². The number of hydrogen-bond acceptors (Lipinski definition) is 5. The standard InChI is InChI=1S/C18H20N2O4/c1-10(16-11(2)19-24-12(16)3)17(21)20-14-8-6-5-7-13(14)9-15(20)18(22)23-4/h5-8,10,15H,9H2,1-4H3/t10-,15+/m0/s1. The van der Waals surface area contributed by atoms with Crippen LogP contribution in [0.25, 0.3) is 0 Å². The minimum absolute atomic E-state index is 0.162. The minimum Gasteiger partial charge on any atom is -0.467 e. The number of anilines is 1. The van der Waals surface area contributed by atoms with Crippen LogP contribution in [-0.2, 0) is 20.7 Å². The van der Waals surface area contributed by atoms with Gasteiger partial charge in [0.25, 0.3) is 0 Å². The number of para-hydroxylation sites is 1. The Morgan fingerprint density at radius 2 is 2.04 bits per heavy atom. The number of carbonyl (C=O) groups excluding carboxylic acids is 2. The van der Waals surface area contributed by atoms with Crippen LogP contribution in [-0.4, -0.2) is 30.2 Å². The molecule has 1 aliphatic heterocycles. The number of esters is 1. The fraction of sp³-hybridized carbons (Fsp3) is 0.389. The van der Waals surface area contributed by atoms with Crippen LogP contribution in [0.4, 0.5) is 5.69 Å². The zero-order valence-corrected chi connectivity index (χ0v) is 14.2. The van der Waals surface area contributed by atoms with Crippen LogP contribution >= 0.6 is 0 Å². The second-order valence-electron chi connectivity index (χ2n) is 6.04. The van der Waals surface area contributed by atoms with E-state index < -0.39 is 17.9 Å². The number of carbonyl (C=O) groups is 2. The van der Waals surface area contributed by atoms with Crippen LogP contribution in [0.3, 0.4) is 0 Å². The summed E-state index contributed by atoms with van der Waals surface area (Å²) in [4.78, 5) is 26.9. The summed E-state index contributed by atoms with van der Waals surface area (Å²) in [5, 5.41) is 3.92. The number of nitrogens with zero attached hydrogens (tertiary/aromatic N) is 2. The highest BCUT2D eigenvalue weighted by atomic mass is 16.5. The molecule has 2 aromatic rings. The third-order valence-corrected chi connectivity index (χ3v) is 4.58. The molecular weight excluding hydrogens is 308 g/mol. The Bertz CT molecular complexity index is 777. The summed E-state index contributed by atoms with van der Waals surface area (Å²) >= 11 is 0. The molecule has 126 valence electrons. The number of amides is 1. The van der Waals surface area contributed by atoms with Crippen LogP contribution in [0.5, 0.6) is 0 Å². The summed E-state index contributed by atoms with van der Waals surface area (Å²) in [7, 11) is 1.34. The molecule has 0 N–H and O–H groups in total. The molecule has 1 aromatic carbocycles. The van der Waals surface area contributed by atoms with E-state index in [1.54, 1.807) is 11.8 Å². The van der Waals surface area contributed by atoms with Crippen molar-refractivity contribution in [3.63, 3.8) is 0 Å². The Labute approximate surface area is 140 Å². The number of aryl methyl sites for hydroxylation is 2. The van der Waals surface area contributed by atoms with Gasteiger partial charge in [-0.2, -0.15) is 0 Å². The van der Waals surface area contributed by atoms with Gasteiger partial charge in [0.1, 0.15) is 11.8 Å². The molecular formula is C18H20N2O4. The lowest BCUT2D eigenvalue weighted by molar-refractivity contribution is -0.143. The number of hydrogen-bond donors (Lipinski definition) is 0. The largest absolute Gasteiger partial charge is 0.467 e. The summed E-state index contributed by atoms with van der Waals surface area (Å²) in [6.07, 6.45) is 0.461. The lowest BCUT2D eigenvalue weighted by Crippen LogP contribution is -2.45. The number of benzene rings is 1. The van der Waals surface area contributed by atoms with Gasteiger partial charge in [0.15, 0.2) is 0 Å². The minimum atomic E-state index is -0.636. The topological polar surface area (TPSA) is 72.6 Å². The molecule has 6 heteroatoms. The SMILES string of the molecule is COC(=O)[C@H]1Cc2ccccc2N1C(=O)[C@@H](C)c1c(C)noc1C. The van der Waals surface area contributed by atoms with E-state index in [-0.39, 0.29) is 5.91 Å². The Morgan fingerprint density at radius 3 is 2.67 bits per heavy atom. The van der Waals surface area contributed by atoms with Crippen molar-refractivity contribution < 1.29 is 18.8 Å².